The first kappa shape index (κ1) is 12.4. The van der Waals surface area contributed by atoms with Crippen molar-refractivity contribution in [2.45, 2.75) is 39.7 Å². The minimum absolute atomic E-state index is 0.204. The maximum Gasteiger partial charge on any atom is 0.355 e. The highest BCUT2D eigenvalue weighted by molar-refractivity contribution is 7.15. The lowest BCUT2D eigenvalue weighted by atomic mass is 9.94. The zero-order valence-corrected chi connectivity index (χ0v) is 11.3. The Balaban J connectivity index is 2.22. The molecule has 0 radical (unpaired) electrons. The lowest BCUT2D eigenvalue weighted by Gasteiger charge is -2.36. The van der Waals surface area contributed by atoms with E-state index in [1.165, 1.54) is 11.3 Å². The molecule has 0 aliphatic carbocycles. The van der Waals surface area contributed by atoms with Gasteiger partial charge in [-0.05, 0) is 32.6 Å². The van der Waals surface area contributed by atoms with E-state index in [1.54, 1.807) is 0 Å². The number of carboxylic acids is 1. The van der Waals surface area contributed by atoms with Gasteiger partial charge in [0.1, 0.15) is 0 Å². The van der Waals surface area contributed by atoms with Crippen LogP contribution in [0.1, 0.15) is 42.1 Å². The molecule has 1 aromatic rings. The molecule has 0 aromatic carbocycles. The van der Waals surface area contributed by atoms with Gasteiger partial charge in [-0.1, -0.05) is 6.92 Å². The van der Waals surface area contributed by atoms with Crippen LogP contribution in [0.5, 0.6) is 0 Å². The Kier molecular flexibility index (Phi) is 3.38. The first-order valence-electron chi connectivity index (χ1n) is 5.96. The van der Waals surface area contributed by atoms with Gasteiger partial charge in [-0.15, -0.1) is 11.3 Å². The molecular weight excluding hydrogens is 236 g/mol. The molecule has 2 atom stereocenters. The van der Waals surface area contributed by atoms with Gasteiger partial charge in [0.25, 0.3) is 0 Å². The van der Waals surface area contributed by atoms with Crippen molar-refractivity contribution < 1.29 is 9.90 Å². The summed E-state index contributed by atoms with van der Waals surface area (Å²) in [5, 5.41) is 9.87. The van der Waals surface area contributed by atoms with Crippen molar-refractivity contribution in [3.8, 4) is 0 Å². The minimum atomic E-state index is -0.928. The van der Waals surface area contributed by atoms with Crippen LogP contribution >= 0.6 is 11.3 Å². The number of anilines is 1. The Morgan fingerprint density at radius 3 is 2.76 bits per heavy atom. The molecule has 1 aromatic heterocycles. The summed E-state index contributed by atoms with van der Waals surface area (Å²) in [5.41, 5.74) is 0.204. The molecule has 17 heavy (non-hydrogen) atoms. The summed E-state index contributed by atoms with van der Waals surface area (Å²) in [5.74, 6) is -0.177. The van der Waals surface area contributed by atoms with Crippen molar-refractivity contribution in [3.05, 3.63) is 10.6 Å². The number of hydrogen-bond acceptors (Lipinski definition) is 4. The number of aryl methyl sites for hydroxylation is 1. The summed E-state index contributed by atoms with van der Waals surface area (Å²) in [6.07, 6.45) is 2.31. The molecule has 0 amide bonds. The fourth-order valence-electron chi connectivity index (χ4n) is 2.40. The van der Waals surface area contributed by atoms with Crippen molar-refractivity contribution in [1.29, 1.82) is 0 Å². The first-order valence-corrected chi connectivity index (χ1v) is 6.78. The second-order valence-electron chi connectivity index (χ2n) is 4.88. The number of hydrogen-bond donors (Lipinski definition) is 1. The van der Waals surface area contributed by atoms with Crippen LogP contribution in [0.3, 0.4) is 0 Å². The summed E-state index contributed by atoms with van der Waals surface area (Å²) in [6, 6.07) is 0.450. The molecule has 2 unspecified atom stereocenters. The molecule has 1 saturated heterocycles. The van der Waals surface area contributed by atoms with Crippen LogP contribution in [0.2, 0.25) is 0 Å². The molecule has 5 heteroatoms. The van der Waals surface area contributed by atoms with E-state index < -0.39 is 5.97 Å². The highest BCUT2D eigenvalue weighted by atomic mass is 32.1. The monoisotopic (exact) mass is 254 g/mol. The first-order chi connectivity index (χ1) is 7.99. The van der Waals surface area contributed by atoms with E-state index in [9.17, 15) is 4.79 Å². The lowest BCUT2D eigenvalue weighted by Crippen LogP contribution is -2.40. The highest BCUT2D eigenvalue weighted by Crippen LogP contribution is 2.32. The number of rotatable bonds is 2. The molecule has 1 aliphatic rings. The molecule has 2 heterocycles. The second kappa shape index (κ2) is 4.64. The highest BCUT2D eigenvalue weighted by Gasteiger charge is 2.26. The zero-order chi connectivity index (χ0) is 12.6. The number of piperidine rings is 1. The van der Waals surface area contributed by atoms with E-state index in [0.717, 1.165) is 35.3 Å². The quantitative estimate of drug-likeness (QED) is 0.881. The number of thiazole rings is 1. The molecule has 0 saturated carbocycles. The maximum absolute atomic E-state index is 11.0. The van der Waals surface area contributed by atoms with Crippen LogP contribution in [0.4, 0.5) is 5.13 Å². The number of nitrogens with zero attached hydrogens (tertiary/aromatic N) is 2. The number of carbonyl (C=O) groups is 1. The summed E-state index contributed by atoms with van der Waals surface area (Å²) < 4.78 is 0. The largest absolute Gasteiger partial charge is 0.476 e. The van der Waals surface area contributed by atoms with Crippen LogP contribution < -0.4 is 4.90 Å². The van der Waals surface area contributed by atoms with Crippen LogP contribution in [0.15, 0.2) is 0 Å². The summed E-state index contributed by atoms with van der Waals surface area (Å²) in [7, 11) is 0. The van der Waals surface area contributed by atoms with Gasteiger partial charge < -0.3 is 10.0 Å². The van der Waals surface area contributed by atoms with Gasteiger partial charge >= 0.3 is 5.97 Å². The van der Waals surface area contributed by atoms with E-state index in [0.29, 0.717) is 6.04 Å². The van der Waals surface area contributed by atoms with Gasteiger partial charge in [0.15, 0.2) is 10.8 Å². The van der Waals surface area contributed by atoms with Crippen molar-refractivity contribution in [2.24, 2.45) is 5.92 Å². The third kappa shape index (κ3) is 2.44. The third-order valence-corrected chi connectivity index (χ3v) is 4.38. The number of aromatic nitrogens is 1. The van der Waals surface area contributed by atoms with Crippen molar-refractivity contribution in [1.82, 2.24) is 4.98 Å². The normalized spacial score (nSPS) is 25.0. The lowest BCUT2D eigenvalue weighted by molar-refractivity contribution is 0.0690. The topological polar surface area (TPSA) is 53.4 Å². The van der Waals surface area contributed by atoms with Gasteiger partial charge in [-0.2, -0.15) is 0 Å². The molecule has 1 fully saturated rings. The van der Waals surface area contributed by atoms with Gasteiger partial charge in [0.05, 0.1) is 0 Å². The molecular formula is C12H18N2O2S. The zero-order valence-electron chi connectivity index (χ0n) is 10.4. The third-order valence-electron chi connectivity index (χ3n) is 3.37. The Hall–Kier alpha value is -1.10. The Morgan fingerprint density at radius 2 is 2.24 bits per heavy atom. The average molecular weight is 254 g/mol. The second-order valence-corrected chi connectivity index (χ2v) is 6.06. The van der Waals surface area contributed by atoms with Crippen LogP contribution in [-0.2, 0) is 0 Å². The molecule has 1 N–H and O–H groups in total. The van der Waals surface area contributed by atoms with Crippen molar-refractivity contribution in [2.75, 3.05) is 11.4 Å². The molecule has 94 valence electrons. The van der Waals surface area contributed by atoms with Crippen LogP contribution in [0, 0.1) is 12.8 Å². The Morgan fingerprint density at radius 1 is 1.53 bits per heavy atom. The summed E-state index contributed by atoms with van der Waals surface area (Å²) in [4.78, 5) is 18.3. The minimum Gasteiger partial charge on any atom is -0.476 e. The van der Waals surface area contributed by atoms with E-state index in [-0.39, 0.29) is 5.69 Å². The van der Waals surface area contributed by atoms with E-state index in [1.807, 2.05) is 6.92 Å². The Bertz CT molecular complexity index is 430. The average Bonchev–Trinajstić information content (AvgIpc) is 2.60. The summed E-state index contributed by atoms with van der Waals surface area (Å²) >= 11 is 1.49. The smallest absolute Gasteiger partial charge is 0.355 e. The fraction of sp³-hybridized carbons (Fsp3) is 0.667. The fourth-order valence-corrected chi connectivity index (χ4v) is 3.42. The van der Waals surface area contributed by atoms with E-state index >= 15 is 0 Å². The SMILES string of the molecule is Cc1sc(N2CCC(C)CC2C)nc1C(=O)O. The predicted molar refractivity (Wildman–Crippen MR) is 69.0 cm³/mol. The van der Waals surface area contributed by atoms with Crippen molar-refractivity contribution in [3.63, 3.8) is 0 Å². The van der Waals surface area contributed by atoms with Gasteiger partial charge in [0.2, 0.25) is 0 Å². The standard InChI is InChI=1S/C12H18N2O2S/c1-7-4-5-14(8(2)6-7)12-13-10(11(15)16)9(3)17-12/h7-8H,4-6H2,1-3H3,(H,15,16). The number of carboxylic acid groups (broad SMARTS) is 1. The predicted octanol–water partition coefficient (Wildman–Crippen LogP) is 2.77. The molecule has 4 nitrogen and oxygen atoms in total. The van der Waals surface area contributed by atoms with Gasteiger partial charge in [0, 0.05) is 17.5 Å². The molecule has 0 spiro atoms. The van der Waals surface area contributed by atoms with Gasteiger partial charge in [-0.3, -0.25) is 0 Å². The van der Waals surface area contributed by atoms with E-state index in [2.05, 4.69) is 23.7 Å². The van der Waals surface area contributed by atoms with E-state index in [4.69, 9.17) is 5.11 Å². The maximum atomic E-state index is 11.0. The molecule has 1 aliphatic heterocycles. The molecule has 2 rings (SSSR count). The van der Waals surface area contributed by atoms with Gasteiger partial charge in [-0.25, -0.2) is 9.78 Å². The molecule has 0 bridgehead atoms. The summed E-state index contributed by atoms with van der Waals surface area (Å²) in [6.45, 7) is 7.26. The Labute approximate surface area is 105 Å². The van der Waals surface area contributed by atoms with Crippen LogP contribution in [-0.4, -0.2) is 28.6 Å². The number of aromatic carboxylic acids is 1. The van der Waals surface area contributed by atoms with Crippen molar-refractivity contribution >= 4 is 22.4 Å². The van der Waals surface area contributed by atoms with Crippen LogP contribution in [0.25, 0.3) is 0 Å².